The third-order valence-corrected chi connectivity index (χ3v) is 7.05. The van der Waals surface area contributed by atoms with Crippen LogP contribution in [0.25, 0.3) is 21.9 Å². The van der Waals surface area contributed by atoms with Gasteiger partial charge in [-0.2, -0.15) is 0 Å². The molecule has 2 heterocycles. The molecule has 0 saturated heterocycles. The number of carbonyl (C=O) groups excluding carboxylic acids is 2. The van der Waals surface area contributed by atoms with E-state index in [0.717, 1.165) is 52.2 Å². The predicted octanol–water partition coefficient (Wildman–Crippen LogP) is 2.85. The van der Waals surface area contributed by atoms with Crippen molar-refractivity contribution in [2.24, 2.45) is 0 Å². The highest BCUT2D eigenvalue weighted by Crippen LogP contribution is 2.29. The van der Waals surface area contributed by atoms with Gasteiger partial charge in [-0.25, -0.2) is 9.59 Å². The van der Waals surface area contributed by atoms with Crippen LogP contribution in [0.2, 0.25) is 0 Å². The van der Waals surface area contributed by atoms with Crippen molar-refractivity contribution in [1.82, 2.24) is 15.6 Å². The van der Waals surface area contributed by atoms with Crippen molar-refractivity contribution in [1.29, 1.82) is 0 Å². The number of aliphatic carboxylic acids is 1. The number of hydrogen-bond donors (Lipinski definition) is 4. The van der Waals surface area contributed by atoms with Gasteiger partial charge in [0, 0.05) is 40.5 Å². The number of rotatable bonds is 9. The Morgan fingerprint density at radius 1 is 1.05 bits per heavy atom. The number of hydrogen-bond acceptors (Lipinski definition) is 6. The molecule has 39 heavy (non-hydrogen) atoms. The summed E-state index contributed by atoms with van der Waals surface area (Å²) >= 11 is 0. The van der Waals surface area contributed by atoms with Crippen molar-refractivity contribution in [3.63, 3.8) is 0 Å². The van der Waals surface area contributed by atoms with Gasteiger partial charge in [0.1, 0.15) is 23.4 Å². The molecule has 0 fully saturated rings. The zero-order valence-corrected chi connectivity index (χ0v) is 21.4. The Morgan fingerprint density at radius 3 is 2.62 bits per heavy atom. The van der Waals surface area contributed by atoms with Gasteiger partial charge in [0.05, 0.1) is 0 Å². The van der Waals surface area contributed by atoms with E-state index < -0.39 is 29.9 Å². The molecule has 4 N–H and O–H groups in total. The summed E-state index contributed by atoms with van der Waals surface area (Å²) in [4.78, 5) is 52.4. The lowest BCUT2D eigenvalue weighted by Crippen LogP contribution is -2.51. The van der Waals surface area contributed by atoms with Gasteiger partial charge in [-0.15, -0.1) is 0 Å². The standard InChI is InChI=1S/C29H29N3O7/c1-16(27(34)32-24(28(35)36)12-17-14-30-23-9-5-4-6-19(17)23)31-26(33)15-38-18-10-11-21-20-7-2-3-8-22(20)29(37)39-25(21)13-18/h4-6,9-11,13-14,16,24,30H,2-3,7-8,12,15H2,1H3,(H,31,33)(H,32,34)(H,35,36). The zero-order valence-electron chi connectivity index (χ0n) is 21.4. The average Bonchev–Trinajstić information content (AvgIpc) is 3.34. The molecule has 2 unspecified atom stereocenters. The Morgan fingerprint density at radius 2 is 1.82 bits per heavy atom. The molecule has 10 nitrogen and oxygen atoms in total. The molecule has 2 amide bonds. The highest BCUT2D eigenvalue weighted by Gasteiger charge is 2.25. The number of aromatic amines is 1. The summed E-state index contributed by atoms with van der Waals surface area (Å²) < 4.78 is 11.0. The van der Waals surface area contributed by atoms with Gasteiger partial charge >= 0.3 is 11.6 Å². The number of ether oxygens (including phenoxy) is 1. The molecule has 10 heteroatoms. The molecule has 0 aliphatic heterocycles. The fourth-order valence-corrected chi connectivity index (χ4v) is 5.03. The van der Waals surface area contributed by atoms with Gasteiger partial charge in [-0.1, -0.05) is 18.2 Å². The second-order valence-electron chi connectivity index (χ2n) is 9.75. The quantitative estimate of drug-likeness (QED) is 0.243. The minimum Gasteiger partial charge on any atom is -0.484 e. The van der Waals surface area contributed by atoms with Crippen molar-refractivity contribution in [3.05, 3.63) is 75.8 Å². The lowest BCUT2D eigenvalue weighted by atomic mass is 9.91. The number of nitrogens with one attached hydrogen (secondary N) is 3. The fraction of sp³-hybridized carbons (Fsp3) is 0.310. The van der Waals surface area contributed by atoms with Crippen LogP contribution >= 0.6 is 0 Å². The van der Waals surface area contributed by atoms with Crippen LogP contribution in [0.5, 0.6) is 5.75 Å². The molecule has 0 spiro atoms. The first-order chi connectivity index (χ1) is 18.8. The fourth-order valence-electron chi connectivity index (χ4n) is 5.03. The number of benzene rings is 2. The summed E-state index contributed by atoms with van der Waals surface area (Å²) in [6.07, 6.45) is 5.33. The molecule has 202 valence electrons. The van der Waals surface area contributed by atoms with Gasteiger partial charge in [-0.3, -0.25) is 9.59 Å². The number of carbonyl (C=O) groups is 3. The van der Waals surface area contributed by atoms with Gasteiger partial charge in [0.25, 0.3) is 5.91 Å². The van der Waals surface area contributed by atoms with Gasteiger partial charge in [0.15, 0.2) is 6.61 Å². The van der Waals surface area contributed by atoms with Crippen LogP contribution in [0.15, 0.2) is 57.9 Å². The highest BCUT2D eigenvalue weighted by atomic mass is 16.5. The molecule has 0 saturated carbocycles. The molecule has 2 aromatic heterocycles. The number of para-hydroxylation sites is 1. The number of aryl methyl sites for hydroxylation is 1. The van der Waals surface area contributed by atoms with Crippen molar-refractivity contribution < 1.29 is 28.6 Å². The number of aromatic nitrogens is 1. The Balaban J connectivity index is 1.17. The summed E-state index contributed by atoms with van der Waals surface area (Å²) in [6, 6.07) is 10.4. The second kappa shape index (κ2) is 11.0. The molecule has 0 radical (unpaired) electrons. The lowest BCUT2D eigenvalue weighted by Gasteiger charge is -2.19. The van der Waals surface area contributed by atoms with E-state index in [1.54, 1.807) is 18.3 Å². The van der Waals surface area contributed by atoms with E-state index in [-0.39, 0.29) is 18.7 Å². The molecule has 2 aromatic carbocycles. The minimum atomic E-state index is -1.18. The van der Waals surface area contributed by atoms with Crippen LogP contribution in [0, 0.1) is 0 Å². The van der Waals surface area contributed by atoms with E-state index >= 15 is 0 Å². The van der Waals surface area contributed by atoms with Crippen LogP contribution in [0.4, 0.5) is 0 Å². The Labute approximate surface area is 223 Å². The number of carboxylic acid groups (broad SMARTS) is 1. The predicted molar refractivity (Wildman–Crippen MR) is 144 cm³/mol. The molecule has 0 bridgehead atoms. The highest BCUT2D eigenvalue weighted by molar-refractivity contribution is 5.91. The third-order valence-electron chi connectivity index (χ3n) is 7.05. The molecule has 4 aromatic rings. The average molecular weight is 532 g/mol. The van der Waals surface area contributed by atoms with E-state index in [9.17, 15) is 24.3 Å². The van der Waals surface area contributed by atoms with Gasteiger partial charge in [-0.05, 0) is 61.9 Å². The largest absolute Gasteiger partial charge is 0.484 e. The SMILES string of the molecule is CC(NC(=O)COc1ccc2c3c(c(=O)oc2c1)CCCC3)C(=O)NC(Cc1c[nH]c2ccccc12)C(=O)O. The Kier molecular flexibility index (Phi) is 7.36. The molecule has 1 aliphatic carbocycles. The van der Waals surface area contributed by atoms with Crippen LogP contribution in [0.1, 0.15) is 36.5 Å². The van der Waals surface area contributed by atoms with E-state index in [4.69, 9.17) is 9.15 Å². The first-order valence-electron chi connectivity index (χ1n) is 12.9. The molecular weight excluding hydrogens is 502 g/mol. The molecular formula is C29H29N3O7. The van der Waals surface area contributed by atoms with Gasteiger partial charge < -0.3 is 29.9 Å². The molecule has 1 aliphatic rings. The van der Waals surface area contributed by atoms with E-state index in [0.29, 0.717) is 17.8 Å². The smallest absolute Gasteiger partial charge is 0.339 e. The molecule has 2 atom stereocenters. The lowest BCUT2D eigenvalue weighted by molar-refractivity contribution is -0.142. The van der Waals surface area contributed by atoms with Crippen LogP contribution in [-0.2, 0) is 33.6 Å². The third kappa shape index (κ3) is 5.64. The maximum atomic E-state index is 12.7. The van der Waals surface area contributed by atoms with E-state index in [1.165, 1.54) is 6.92 Å². The minimum absolute atomic E-state index is 0.0795. The topological polar surface area (TPSA) is 151 Å². The summed E-state index contributed by atoms with van der Waals surface area (Å²) in [6.45, 7) is 1.08. The summed E-state index contributed by atoms with van der Waals surface area (Å²) in [7, 11) is 0. The summed E-state index contributed by atoms with van der Waals surface area (Å²) in [5.41, 5.74) is 3.45. The number of fused-ring (bicyclic) bond motifs is 4. The normalized spacial score (nSPS) is 14.4. The second-order valence-corrected chi connectivity index (χ2v) is 9.75. The Hall–Kier alpha value is -4.60. The maximum Gasteiger partial charge on any atom is 0.339 e. The first-order valence-corrected chi connectivity index (χ1v) is 12.9. The summed E-state index contributed by atoms with van der Waals surface area (Å²) in [5, 5.41) is 16.4. The van der Waals surface area contributed by atoms with Crippen molar-refractivity contribution in [3.8, 4) is 5.75 Å². The van der Waals surface area contributed by atoms with E-state index in [1.807, 2.05) is 30.3 Å². The maximum absolute atomic E-state index is 12.7. The zero-order chi connectivity index (χ0) is 27.5. The number of H-pyrrole nitrogens is 1. The van der Waals surface area contributed by atoms with Crippen molar-refractivity contribution in [2.75, 3.05) is 6.61 Å². The first kappa shape index (κ1) is 26.0. The van der Waals surface area contributed by atoms with Crippen molar-refractivity contribution in [2.45, 2.75) is 51.1 Å². The van der Waals surface area contributed by atoms with Crippen LogP contribution in [0.3, 0.4) is 0 Å². The van der Waals surface area contributed by atoms with Crippen LogP contribution < -0.4 is 21.0 Å². The van der Waals surface area contributed by atoms with Gasteiger partial charge in [0.2, 0.25) is 5.91 Å². The Bertz CT molecular complexity index is 1620. The molecule has 5 rings (SSSR count). The van der Waals surface area contributed by atoms with Crippen molar-refractivity contribution >= 4 is 39.7 Å². The van der Waals surface area contributed by atoms with E-state index in [2.05, 4.69) is 15.6 Å². The number of carboxylic acids is 1. The monoisotopic (exact) mass is 531 g/mol. The summed E-state index contributed by atoms with van der Waals surface area (Å²) in [5.74, 6) is -2.03. The van der Waals surface area contributed by atoms with Crippen LogP contribution in [-0.4, -0.2) is 46.6 Å². The number of amides is 2.